The quantitative estimate of drug-likeness (QED) is 0.910. The van der Waals surface area contributed by atoms with Crippen LogP contribution >= 0.6 is 0 Å². The van der Waals surface area contributed by atoms with Crippen LogP contribution in [0.1, 0.15) is 16.7 Å². The topological polar surface area (TPSA) is 49.3 Å². The second-order valence-electron chi connectivity index (χ2n) is 5.65. The number of halogens is 1. The Morgan fingerprint density at radius 1 is 1.19 bits per heavy atom. The van der Waals surface area contributed by atoms with Gasteiger partial charge in [0.15, 0.2) is 0 Å². The van der Waals surface area contributed by atoms with Crippen molar-refractivity contribution in [3.63, 3.8) is 0 Å². The molecule has 3 rings (SSSR count). The standard InChI is InChI=1S/C17H16FNO2/c1-11-6-14(18)8-15(7-11)19-17(16(20)21)9-12-4-2-3-5-13(12)10-17/h2-8,19H,9-10H2,1H3,(H,20,21). The van der Waals surface area contributed by atoms with Gasteiger partial charge < -0.3 is 10.4 Å². The molecule has 2 aromatic carbocycles. The maximum Gasteiger partial charge on any atom is 0.330 e. The minimum atomic E-state index is -1.11. The summed E-state index contributed by atoms with van der Waals surface area (Å²) in [5, 5.41) is 12.7. The SMILES string of the molecule is Cc1cc(F)cc(NC2(C(=O)O)Cc3ccccc3C2)c1. The minimum absolute atomic E-state index is 0.367. The van der Waals surface area contributed by atoms with Crippen LogP contribution in [-0.2, 0) is 17.6 Å². The highest BCUT2D eigenvalue weighted by Gasteiger charge is 2.44. The molecule has 0 unspecified atom stereocenters. The van der Waals surface area contributed by atoms with E-state index in [-0.39, 0.29) is 5.82 Å². The number of aryl methyl sites for hydroxylation is 1. The minimum Gasteiger partial charge on any atom is -0.479 e. The van der Waals surface area contributed by atoms with Gasteiger partial charge in [0, 0.05) is 18.5 Å². The van der Waals surface area contributed by atoms with Crippen molar-refractivity contribution in [1.82, 2.24) is 0 Å². The van der Waals surface area contributed by atoms with E-state index in [1.165, 1.54) is 12.1 Å². The van der Waals surface area contributed by atoms with Gasteiger partial charge in [0.1, 0.15) is 11.4 Å². The first-order chi connectivity index (χ1) is 9.98. The Bertz CT molecular complexity index is 666. The van der Waals surface area contributed by atoms with E-state index in [0.29, 0.717) is 18.5 Å². The molecule has 0 amide bonds. The molecule has 0 aromatic heterocycles. The summed E-state index contributed by atoms with van der Waals surface area (Å²) in [5.41, 5.74) is 2.21. The van der Waals surface area contributed by atoms with Gasteiger partial charge in [0.2, 0.25) is 0 Å². The molecule has 4 heteroatoms. The Hall–Kier alpha value is -2.36. The number of rotatable bonds is 3. The van der Waals surface area contributed by atoms with Crippen molar-refractivity contribution in [1.29, 1.82) is 0 Å². The zero-order chi connectivity index (χ0) is 15.0. The molecular weight excluding hydrogens is 269 g/mol. The summed E-state index contributed by atoms with van der Waals surface area (Å²) in [6, 6.07) is 12.2. The number of hydrogen-bond acceptors (Lipinski definition) is 2. The molecule has 0 aliphatic heterocycles. The van der Waals surface area contributed by atoms with Crippen LogP contribution in [0.5, 0.6) is 0 Å². The van der Waals surface area contributed by atoms with E-state index < -0.39 is 11.5 Å². The highest BCUT2D eigenvalue weighted by Crippen LogP contribution is 2.33. The van der Waals surface area contributed by atoms with Crippen molar-refractivity contribution in [2.24, 2.45) is 0 Å². The number of nitrogens with one attached hydrogen (secondary N) is 1. The predicted octanol–water partition coefficient (Wildman–Crippen LogP) is 3.17. The fourth-order valence-corrected chi connectivity index (χ4v) is 2.99. The summed E-state index contributed by atoms with van der Waals surface area (Å²) in [6.45, 7) is 1.78. The third-order valence-corrected chi connectivity index (χ3v) is 3.94. The normalized spacial score (nSPS) is 15.5. The third-order valence-electron chi connectivity index (χ3n) is 3.94. The van der Waals surface area contributed by atoms with Crippen molar-refractivity contribution < 1.29 is 14.3 Å². The van der Waals surface area contributed by atoms with Gasteiger partial charge in [-0.05, 0) is 41.8 Å². The molecule has 1 aliphatic carbocycles. The van der Waals surface area contributed by atoms with Gasteiger partial charge in [-0.2, -0.15) is 0 Å². The van der Waals surface area contributed by atoms with Gasteiger partial charge in [0.25, 0.3) is 0 Å². The van der Waals surface area contributed by atoms with E-state index >= 15 is 0 Å². The average molecular weight is 285 g/mol. The summed E-state index contributed by atoms with van der Waals surface area (Å²) in [5.74, 6) is -1.28. The molecule has 0 atom stereocenters. The van der Waals surface area contributed by atoms with E-state index in [0.717, 1.165) is 16.7 Å². The second-order valence-corrected chi connectivity index (χ2v) is 5.65. The van der Waals surface area contributed by atoms with Crippen LogP contribution in [0.3, 0.4) is 0 Å². The fourth-order valence-electron chi connectivity index (χ4n) is 2.99. The zero-order valence-corrected chi connectivity index (χ0v) is 11.7. The maximum atomic E-state index is 13.5. The Balaban J connectivity index is 1.96. The molecule has 3 nitrogen and oxygen atoms in total. The number of carboxylic acids is 1. The Morgan fingerprint density at radius 2 is 1.81 bits per heavy atom. The first-order valence-corrected chi connectivity index (χ1v) is 6.84. The maximum absolute atomic E-state index is 13.5. The molecule has 0 spiro atoms. The van der Waals surface area contributed by atoms with Crippen molar-refractivity contribution in [3.8, 4) is 0 Å². The lowest BCUT2D eigenvalue weighted by Crippen LogP contribution is -2.47. The van der Waals surface area contributed by atoms with Crippen LogP contribution in [0.4, 0.5) is 10.1 Å². The van der Waals surface area contributed by atoms with Crippen LogP contribution in [0.25, 0.3) is 0 Å². The summed E-state index contributed by atoms with van der Waals surface area (Å²) < 4.78 is 13.5. The highest BCUT2D eigenvalue weighted by atomic mass is 19.1. The molecule has 0 fully saturated rings. The zero-order valence-electron chi connectivity index (χ0n) is 11.7. The third kappa shape index (κ3) is 2.49. The molecule has 0 saturated carbocycles. The Kier molecular flexibility index (Phi) is 3.16. The van der Waals surface area contributed by atoms with Gasteiger partial charge in [-0.15, -0.1) is 0 Å². The average Bonchev–Trinajstić information content (AvgIpc) is 2.76. The number of anilines is 1. The molecule has 2 N–H and O–H groups in total. The van der Waals surface area contributed by atoms with E-state index in [1.54, 1.807) is 13.0 Å². The molecule has 21 heavy (non-hydrogen) atoms. The summed E-state index contributed by atoms with van der Waals surface area (Å²) in [4.78, 5) is 11.8. The molecule has 2 aromatic rings. The first-order valence-electron chi connectivity index (χ1n) is 6.84. The second kappa shape index (κ2) is 4.88. The molecule has 0 heterocycles. The van der Waals surface area contributed by atoms with Crippen molar-refractivity contribution in [3.05, 3.63) is 65.0 Å². The molecule has 0 bridgehead atoms. The van der Waals surface area contributed by atoms with E-state index in [4.69, 9.17) is 0 Å². The molecule has 1 aliphatic rings. The van der Waals surface area contributed by atoms with Crippen LogP contribution in [-0.4, -0.2) is 16.6 Å². The van der Waals surface area contributed by atoms with Crippen molar-refractivity contribution in [2.75, 3.05) is 5.32 Å². The van der Waals surface area contributed by atoms with Crippen LogP contribution in [0.2, 0.25) is 0 Å². The van der Waals surface area contributed by atoms with Crippen molar-refractivity contribution in [2.45, 2.75) is 25.3 Å². The number of carbonyl (C=O) groups is 1. The molecule has 108 valence electrons. The first kappa shape index (κ1) is 13.6. The lowest BCUT2D eigenvalue weighted by molar-refractivity contribution is -0.142. The van der Waals surface area contributed by atoms with E-state index in [9.17, 15) is 14.3 Å². The highest BCUT2D eigenvalue weighted by molar-refractivity contribution is 5.85. The van der Waals surface area contributed by atoms with Gasteiger partial charge in [-0.3, -0.25) is 0 Å². The summed E-state index contributed by atoms with van der Waals surface area (Å²) in [6.07, 6.45) is 0.794. The van der Waals surface area contributed by atoms with Crippen LogP contribution < -0.4 is 5.32 Å². The Labute approximate surface area is 122 Å². The number of benzene rings is 2. The van der Waals surface area contributed by atoms with E-state index in [1.807, 2.05) is 24.3 Å². The smallest absolute Gasteiger partial charge is 0.330 e. The van der Waals surface area contributed by atoms with Crippen molar-refractivity contribution >= 4 is 11.7 Å². The van der Waals surface area contributed by atoms with Gasteiger partial charge >= 0.3 is 5.97 Å². The van der Waals surface area contributed by atoms with Gasteiger partial charge in [-0.1, -0.05) is 24.3 Å². The molecular formula is C17H16FNO2. The molecule has 0 saturated heterocycles. The number of aliphatic carboxylic acids is 1. The van der Waals surface area contributed by atoms with Crippen LogP contribution in [0.15, 0.2) is 42.5 Å². The lowest BCUT2D eigenvalue weighted by Gasteiger charge is -2.27. The van der Waals surface area contributed by atoms with Gasteiger partial charge in [-0.25, -0.2) is 9.18 Å². The van der Waals surface area contributed by atoms with Crippen LogP contribution in [0, 0.1) is 12.7 Å². The van der Waals surface area contributed by atoms with E-state index in [2.05, 4.69) is 5.32 Å². The largest absolute Gasteiger partial charge is 0.479 e. The number of fused-ring (bicyclic) bond motifs is 1. The monoisotopic (exact) mass is 285 g/mol. The summed E-state index contributed by atoms with van der Waals surface area (Å²) >= 11 is 0. The number of carboxylic acid groups (broad SMARTS) is 1. The lowest BCUT2D eigenvalue weighted by atomic mass is 9.95. The number of hydrogen-bond donors (Lipinski definition) is 2. The molecule has 0 radical (unpaired) electrons. The predicted molar refractivity (Wildman–Crippen MR) is 79.0 cm³/mol. The fraction of sp³-hybridized carbons (Fsp3) is 0.235. The van der Waals surface area contributed by atoms with Gasteiger partial charge in [0.05, 0.1) is 0 Å². The Morgan fingerprint density at radius 3 is 2.33 bits per heavy atom. The summed E-state index contributed by atoms with van der Waals surface area (Å²) in [7, 11) is 0.